The Labute approximate surface area is 274 Å². The lowest BCUT2D eigenvalue weighted by atomic mass is 9.89. The lowest BCUT2D eigenvalue weighted by molar-refractivity contribution is -0.135. The van der Waals surface area contributed by atoms with Gasteiger partial charge in [-0.15, -0.1) is 0 Å². The van der Waals surface area contributed by atoms with Gasteiger partial charge in [-0.2, -0.15) is 0 Å². The maximum Gasteiger partial charge on any atom is 0.319 e. The molecule has 8 nitrogen and oxygen atoms in total. The summed E-state index contributed by atoms with van der Waals surface area (Å²) in [6, 6.07) is 16.9. The van der Waals surface area contributed by atoms with Crippen molar-refractivity contribution in [1.29, 1.82) is 0 Å². The van der Waals surface area contributed by atoms with Crippen molar-refractivity contribution in [2.24, 2.45) is 0 Å². The number of carbonyl (C=O) groups is 2. The second-order valence-electron chi connectivity index (χ2n) is 13.4. The first-order valence-corrected chi connectivity index (χ1v) is 17.4. The molecule has 2 aromatic rings. The topological polar surface area (TPSA) is 77.1 Å². The number of hydrogen-bond acceptors (Lipinski definition) is 5. The van der Waals surface area contributed by atoms with Gasteiger partial charge in [-0.05, 0) is 87.6 Å². The molecule has 1 atom stereocenters. The van der Waals surface area contributed by atoms with E-state index in [0.29, 0.717) is 36.6 Å². The Kier molecular flexibility index (Phi) is 11.9. The van der Waals surface area contributed by atoms with Crippen LogP contribution in [0.3, 0.4) is 0 Å². The second kappa shape index (κ2) is 16.0. The van der Waals surface area contributed by atoms with Crippen molar-refractivity contribution in [3.05, 3.63) is 59.1 Å². The molecule has 3 fully saturated rings. The number of methoxy groups -OCH3 is 1. The number of ether oxygens (including phenoxy) is 1. The van der Waals surface area contributed by atoms with Gasteiger partial charge in [0.05, 0.1) is 18.8 Å². The first-order chi connectivity index (χ1) is 21.8. The summed E-state index contributed by atoms with van der Waals surface area (Å²) in [5.74, 6) is 1.03. The van der Waals surface area contributed by atoms with E-state index in [4.69, 9.17) is 16.3 Å². The van der Waals surface area contributed by atoms with Gasteiger partial charge >= 0.3 is 6.03 Å². The van der Waals surface area contributed by atoms with Gasteiger partial charge in [0, 0.05) is 56.4 Å². The number of halogens is 1. The molecule has 1 heterocycles. The molecule has 45 heavy (non-hydrogen) atoms. The van der Waals surface area contributed by atoms with E-state index in [1.165, 1.54) is 19.3 Å². The van der Waals surface area contributed by atoms with Gasteiger partial charge in [0.15, 0.2) is 0 Å². The Hall–Kier alpha value is -2.97. The minimum Gasteiger partial charge on any atom is -0.495 e. The Balaban J connectivity index is 1.21. The Bertz CT molecular complexity index is 1240. The molecule has 246 valence electrons. The summed E-state index contributed by atoms with van der Waals surface area (Å²) in [5, 5.41) is 8.17. The van der Waals surface area contributed by atoms with Gasteiger partial charge in [0.2, 0.25) is 5.91 Å². The third-order valence-electron chi connectivity index (χ3n) is 10.0. The predicted octanol–water partition coefficient (Wildman–Crippen LogP) is 6.58. The molecule has 1 aliphatic heterocycles. The zero-order valence-electron chi connectivity index (χ0n) is 27.3. The van der Waals surface area contributed by atoms with E-state index >= 15 is 0 Å². The average Bonchev–Trinajstić information content (AvgIpc) is 3.07. The van der Waals surface area contributed by atoms with Gasteiger partial charge in [0.25, 0.3) is 0 Å². The molecule has 3 amide bonds. The van der Waals surface area contributed by atoms with Crippen LogP contribution < -0.4 is 15.4 Å². The summed E-state index contributed by atoms with van der Waals surface area (Å²) >= 11 is 6.18. The summed E-state index contributed by atoms with van der Waals surface area (Å²) < 4.78 is 5.53. The molecule has 2 N–H and O–H groups in total. The molecule has 0 unspecified atom stereocenters. The van der Waals surface area contributed by atoms with E-state index in [0.717, 1.165) is 68.4 Å². The Morgan fingerprint density at radius 2 is 1.49 bits per heavy atom. The van der Waals surface area contributed by atoms with Crippen molar-refractivity contribution in [3.63, 3.8) is 0 Å². The first-order valence-electron chi connectivity index (χ1n) is 17.0. The van der Waals surface area contributed by atoms with E-state index in [-0.39, 0.29) is 30.1 Å². The van der Waals surface area contributed by atoms with E-state index in [1.807, 2.05) is 61.5 Å². The summed E-state index contributed by atoms with van der Waals surface area (Å²) in [6.07, 6.45) is 12.2. The highest BCUT2D eigenvalue weighted by atomic mass is 35.5. The van der Waals surface area contributed by atoms with Crippen LogP contribution in [0.2, 0.25) is 5.02 Å². The van der Waals surface area contributed by atoms with Crippen LogP contribution in [0.4, 0.5) is 10.5 Å². The van der Waals surface area contributed by atoms with Crippen LogP contribution >= 0.6 is 11.6 Å². The van der Waals surface area contributed by atoms with E-state index in [9.17, 15) is 9.59 Å². The van der Waals surface area contributed by atoms with E-state index in [2.05, 4.69) is 21.6 Å². The van der Waals surface area contributed by atoms with E-state index < -0.39 is 0 Å². The minimum absolute atomic E-state index is 0.116. The highest BCUT2D eigenvalue weighted by molar-refractivity contribution is 6.30. The van der Waals surface area contributed by atoms with Gasteiger partial charge in [0.1, 0.15) is 5.75 Å². The predicted molar refractivity (Wildman–Crippen MR) is 182 cm³/mol. The summed E-state index contributed by atoms with van der Waals surface area (Å²) in [7, 11) is 5.41. The highest BCUT2D eigenvalue weighted by Crippen LogP contribution is 2.31. The van der Waals surface area contributed by atoms with Crippen molar-refractivity contribution >= 4 is 29.2 Å². The standard InChI is InChI=1S/C36H52ClN5O3/c1-40(2)36(44)42(30-9-5-4-6-10-30)31-21-23-41(24-22-31)35(43)33(25-26-13-15-27(37)16-14-26)39-29-19-17-28(18-20-29)38-32-11-7-8-12-34(32)45-3/h7-8,11-16,28-31,33,38-39H,4-6,9-10,17-25H2,1-3H3/t28?,29?,33-/m1/s1. The van der Waals surface area contributed by atoms with Crippen molar-refractivity contribution < 1.29 is 14.3 Å². The van der Waals surface area contributed by atoms with Gasteiger partial charge in [-0.1, -0.05) is 55.1 Å². The highest BCUT2D eigenvalue weighted by Gasteiger charge is 2.37. The van der Waals surface area contributed by atoms with Crippen molar-refractivity contribution in [3.8, 4) is 5.75 Å². The summed E-state index contributed by atoms with van der Waals surface area (Å²) in [6.45, 7) is 1.36. The number of nitrogens with one attached hydrogen (secondary N) is 2. The van der Waals surface area contributed by atoms with Crippen LogP contribution in [-0.4, -0.2) is 91.1 Å². The first kappa shape index (κ1) is 33.4. The van der Waals surface area contributed by atoms with Crippen LogP contribution in [0.15, 0.2) is 48.5 Å². The van der Waals surface area contributed by atoms with Crippen LogP contribution in [-0.2, 0) is 11.2 Å². The molecule has 9 heteroatoms. The van der Waals surface area contributed by atoms with Crippen molar-refractivity contribution in [2.75, 3.05) is 39.6 Å². The smallest absolute Gasteiger partial charge is 0.319 e. The number of hydrogen-bond donors (Lipinski definition) is 2. The van der Waals surface area contributed by atoms with Gasteiger partial charge in [-0.3, -0.25) is 4.79 Å². The number of amides is 3. The largest absolute Gasteiger partial charge is 0.495 e. The number of anilines is 1. The molecule has 0 spiro atoms. The number of nitrogens with zero attached hydrogens (tertiary/aromatic N) is 3. The molecule has 2 saturated carbocycles. The average molecular weight is 638 g/mol. The van der Waals surface area contributed by atoms with Crippen molar-refractivity contribution in [2.45, 2.75) is 107 Å². The molecular weight excluding hydrogens is 586 g/mol. The molecule has 2 aliphatic carbocycles. The van der Waals surface area contributed by atoms with Gasteiger partial charge < -0.3 is 30.1 Å². The second-order valence-corrected chi connectivity index (χ2v) is 13.8. The molecule has 0 aromatic heterocycles. The lowest BCUT2D eigenvalue weighted by Gasteiger charge is -2.45. The SMILES string of the molecule is COc1ccccc1NC1CCC(N[C@H](Cc2ccc(Cl)cc2)C(=O)N2CCC(N(C(=O)N(C)C)C3CCCCC3)CC2)CC1. The van der Waals surface area contributed by atoms with Crippen molar-refractivity contribution in [1.82, 2.24) is 20.0 Å². The zero-order chi connectivity index (χ0) is 31.8. The monoisotopic (exact) mass is 637 g/mol. The fraction of sp³-hybridized carbons (Fsp3) is 0.611. The molecule has 0 radical (unpaired) electrons. The molecule has 5 rings (SSSR count). The number of para-hydroxylation sites is 2. The molecular formula is C36H52ClN5O3. The minimum atomic E-state index is -0.302. The fourth-order valence-electron chi connectivity index (χ4n) is 7.53. The quantitative estimate of drug-likeness (QED) is 0.308. The van der Waals surface area contributed by atoms with Crippen LogP contribution in [0.1, 0.15) is 76.2 Å². The maximum atomic E-state index is 14.2. The lowest BCUT2D eigenvalue weighted by Crippen LogP contribution is -2.58. The van der Waals surface area contributed by atoms with Gasteiger partial charge in [-0.25, -0.2) is 4.79 Å². The van der Waals surface area contributed by atoms with Crippen LogP contribution in [0, 0.1) is 0 Å². The fourth-order valence-corrected chi connectivity index (χ4v) is 7.66. The number of benzene rings is 2. The van der Waals surface area contributed by atoms with E-state index in [1.54, 1.807) is 12.0 Å². The van der Waals surface area contributed by atoms with Crippen LogP contribution in [0.25, 0.3) is 0 Å². The molecule has 2 aromatic carbocycles. The molecule has 1 saturated heterocycles. The third-order valence-corrected chi connectivity index (χ3v) is 10.3. The number of rotatable bonds is 10. The number of urea groups is 1. The Morgan fingerprint density at radius 1 is 0.867 bits per heavy atom. The third kappa shape index (κ3) is 8.85. The zero-order valence-corrected chi connectivity index (χ0v) is 28.1. The molecule has 0 bridgehead atoms. The van der Waals surface area contributed by atoms with Crippen LogP contribution in [0.5, 0.6) is 5.75 Å². The number of carbonyl (C=O) groups excluding carboxylic acids is 2. The number of piperidine rings is 1. The number of likely N-dealkylation sites (tertiary alicyclic amines) is 1. The molecule has 3 aliphatic rings. The summed E-state index contributed by atoms with van der Waals surface area (Å²) in [4.78, 5) is 33.4. The summed E-state index contributed by atoms with van der Waals surface area (Å²) in [5.41, 5.74) is 2.14. The normalized spacial score (nSPS) is 22.0. The Morgan fingerprint density at radius 3 is 2.13 bits per heavy atom. The maximum absolute atomic E-state index is 14.2.